The molecule has 1 fully saturated rings. The van der Waals surface area contributed by atoms with Gasteiger partial charge in [0, 0.05) is 19.0 Å². The number of para-hydroxylation sites is 2. The second kappa shape index (κ2) is 8.03. The van der Waals surface area contributed by atoms with Gasteiger partial charge < -0.3 is 4.90 Å². The van der Waals surface area contributed by atoms with Gasteiger partial charge >= 0.3 is 0 Å². The number of likely N-dealkylation sites (tertiary alicyclic amines) is 1. The summed E-state index contributed by atoms with van der Waals surface area (Å²) >= 11 is 1.42. The Bertz CT molecular complexity index is 1320. The number of hydrogen-bond acceptors (Lipinski definition) is 6. The molecule has 4 aromatic rings. The van der Waals surface area contributed by atoms with Crippen molar-refractivity contribution in [2.45, 2.75) is 19.4 Å². The maximum Gasteiger partial charge on any atom is 0.261 e. The summed E-state index contributed by atoms with van der Waals surface area (Å²) in [4.78, 5) is 48.8. The maximum atomic E-state index is 12.9. The Kier molecular flexibility index (Phi) is 5.07. The number of hydrogen-bond donors (Lipinski definition) is 0. The molecule has 1 aliphatic rings. The monoisotopic (exact) mass is 432 g/mol. The molecule has 1 amide bonds. The van der Waals surface area contributed by atoms with Crippen molar-refractivity contribution in [3.8, 4) is 0 Å². The lowest BCUT2D eigenvalue weighted by molar-refractivity contribution is -0.133. The summed E-state index contributed by atoms with van der Waals surface area (Å²) in [5.41, 5.74) is 1.24. The number of fused-ring (bicyclic) bond motifs is 2. The van der Waals surface area contributed by atoms with Crippen LogP contribution in [0.2, 0.25) is 0 Å². The van der Waals surface area contributed by atoms with Gasteiger partial charge in [-0.15, -0.1) is 11.3 Å². The molecule has 5 rings (SSSR count). The zero-order valence-electron chi connectivity index (χ0n) is 16.7. The molecule has 7 nitrogen and oxygen atoms in total. The average molecular weight is 433 g/mol. The molecule has 0 radical (unpaired) electrons. The largest absolute Gasteiger partial charge is 0.341 e. The van der Waals surface area contributed by atoms with Gasteiger partial charge in [0.2, 0.25) is 5.91 Å². The summed E-state index contributed by atoms with van der Waals surface area (Å²) in [7, 11) is 0. The highest BCUT2D eigenvalue weighted by Crippen LogP contribution is 2.27. The van der Waals surface area contributed by atoms with Crippen molar-refractivity contribution < 1.29 is 9.59 Å². The minimum Gasteiger partial charge on any atom is -0.341 e. The lowest BCUT2D eigenvalue weighted by atomic mass is 9.92. The lowest BCUT2D eigenvalue weighted by Crippen LogP contribution is -2.42. The fourth-order valence-electron chi connectivity index (χ4n) is 4.01. The Hall–Kier alpha value is -3.39. The minimum absolute atomic E-state index is 0.0485. The van der Waals surface area contributed by atoms with E-state index in [0.717, 1.165) is 10.2 Å². The van der Waals surface area contributed by atoms with Crippen molar-refractivity contribution in [3.05, 3.63) is 70.2 Å². The fourth-order valence-corrected chi connectivity index (χ4v) is 4.99. The summed E-state index contributed by atoms with van der Waals surface area (Å²) in [6, 6.07) is 14.8. The van der Waals surface area contributed by atoms with Gasteiger partial charge in [-0.2, -0.15) is 0 Å². The number of ketones is 1. The van der Waals surface area contributed by atoms with E-state index in [1.807, 2.05) is 30.3 Å². The Morgan fingerprint density at radius 2 is 1.71 bits per heavy atom. The highest BCUT2D eigenvalue weighted by atomic mass is 32.1. The van der Waals surface area contributed by atoms with Crippen molar-refractivity contribution in [1.82, 2.24) is 19.4 Å². The molecule has 0 bridgehead atoms. The maximum absolute atomic E-state index is 12.9. The Balaban J connectivity index is 1.24. The molecule has 0 atom stereocenters. The van der Waals surface area contributed by atoms with Crippen LogP contribution in [-0.2, 0) is 11.3 Å². The number of aromatic nitrogens is 3. The quantitative estimate of drug-likeness (QED) is 0.463. The van der Waals surface area contributed by atoms with Gasteiger partial charge in [0.1, 0.15) is 6.54 Å². The van der Waals surface area contributed by atoms with Crippen molar-refractivity contribution >= 4 is 44.1 Å². The van der Waals surface area contributed by atoms with E-state index >= 15 is 0 Å². The smallest absolute Gasteiger partial charge is 0.261 e. The van der Waals surface area contributed by atoms with E-state index in [9.17, 15) is 14.4 Å². The van der Waals surface area contributed by atoms with Crippen molar-refractivity contribution in [2.75, 3.05) is 13.1 Å². The highest BCUT2D eigenvalue weighted by Gasteiger charge is 2.29. The Morgan fingerprint density at radius 1 is 1.00 bits per heavy atom. The van der Waals surface area contributed by atoms with Crippen molar-refractivity contribution in [1.29, 1.82) is 0 Å². The van der Waals surface area contributed by atoms with E-state index in [2.05, 4.69) is 9.97 Å². The minimum atomic E-state index is -0.222. The van der Waals surface area contributed by atoms with Gasteiger partial charge in [0.05, 0.1) is 27.4 Å². The first kappa shape index (κ1) is 19.6. The molecule has 2 aromatic heterocycles. The van der Waals surface area contributed by atoms with Crippen LogP contribution in [0.3, 0.4) is 0 Å². The number of piperidine rings is 1. The number of Topliss-reactive ketones (excluding diaryl/α,β-unsaturated/α-hetero) is 1. The normalized spacial score (nSPS) is 14.9. The lowest BCUT2D eigenvalue weighted by Gasteiger charge is -2.31. The number of benzene rings is 2. The van der Waals surface area contributed by atoms with E-state index in [1.165, 1.54) is 22.2 Å². The zero-order valence-corrected chi connectivity index (χ0v) is 17.5. The van der Waals surface area contributed by atoms with Gasteiger partial charge in [0.15, 0.2) is 10.8 Å². The first-order valence-corrected chi connectivity index (χ1v) is 11.0. The van der Waals surface area contributed by atoms with Gasteiger partial charge in [-0.05, 0) is 37.1 Å². The summed E-state index contributed by atoms with van der Waals surface area (Å²) in [5.74, 6) is -0.206. The summed E-state index contributed by atoms with van der Waals surface area (Å²) < 4.78 is 2.36. The number of carbonyl (C=O) groups excluding carboxylic acids is 2. The van der Waals surface area contributed by atoms with E-state index < -0.39 is 0 Å². The van der Waals surface area contributed by atoms with Crippen LogP contribution >= 0.6 is 11.3 Å². The predicted octanol–water partition coefficient (Wildman–Crippen LogP) is 3.13. The molecule has 0 unspecified atom stereocenters. The predicted molar refractivity (Wildman–Crippen MR) is 119 cm³/mol. The van der Waals surface area contributed by atoms with Crippen molar-refractivity contribution in [3.63, 3.8) is 0 Å². The van der Waals surface area contributed by atoms with Gasteiger partial charge in [-0.1, -0.05) is 24.3 Å². The van der Waals surface area contributed by atoms with Crippen LogP contribution in [0.15, 0.2) is 59.7 Å². The first-order valence-electron chi connectivity index (χ1n) is 10.2. The van der Waals surface area contributed by atoms with Gasteiger partial charge in [0.25, 0.3) is 5.56 Å². The standard InChI is InChI=1S/C23H20N4O3S/c28-20(13-27-14-24-17-6-2-1-5-16(17)23(27)30)26-11-9-15(10-12-26)21(29)22-25-18-7-3-4-8-19(18)31-22/h1-8,14-15H,9-13H2. The van der Waals surface area contributed by atoms with E-state index in [-0.39, 0.29) is 29.7 Å². The molecular weight excluding hydrogens is 412 g/mol. The van der Waals surface area contributed by atoms with E-state index in [4.69, 9.17) is 0 Å². The van der Waals surface area contributed by atoms with Crippen LogP contribution in [0.25, 0.3) is 21.1 Å². The molecule has 31 heavy (non-hydrogen) atoms. The number of rotatable bonds is 4. The number of amides is 1. The van der Waals surface area contributed by atoms with E-state index in [1.54, 1.807) is 23.1 Å². The average Bonchev–Trinajstić information content (AvgIpc) is 3.25. The number of nitrogens with zero attached hydrogens (tertiary/aromatic N) is 4. The van der Waals surface area contributed by atoms with Crippen LogP contribution in [0.4, 0.5) is 0 Å². The molecule has 0 saturated carbocycles. The number of carbonyl (C=O) groups is 2. The van der Waals surface area contributed by atoms with Gasteiger partial charge in [-0.3, -0.25) is 19.0 Å². The second-order valence-corrected chi connectivity index (χ2v) is 8.73. The Morgan fingerprint density at radius 3 is 2.48 bits per heavy atom. The third-order valence-corrected chi connectivity index (χ3v) is 6.81. The van der Waals surface area contributed by atoms with Crippen LogP contribution in [0.5, 0.6) is 0 Å². The molecule has 0 N–H and O–H groups in total. The molecule has 1 saturated heterocycles. The first-order chi connectivity index (χ1) is 15.1. The number of thiazole rings is 1. The molecule has 8 heteroatoms. The molecular formula is C23H20N4O3S. The molecule has 0 aliphatic carbocycles. The van der Waals surface area contributed by atoms with E-state index in [0.29, 0.717) is 41.8 Å². The molecule has 156 valence electrons. The topological polar surface area (TPSA) is 85.2 Å². The third-order valence-electron chi connectivity index (χ3n) is 5.76. The summed E-state index contributed by atoms with van der Waals surface area (Å²) in [6.07, 6.45) is 2.63. The zero-order chi connectivity index (χ0) is 21.4. The van der Waals surface area contributed by atoms with Gasteiger partial charge in [-0.25, -0.2) is 9.97 Å². The summed E-state index contributed by atoms with van der Waals surface area (Å²) in [5, 5.41) is 1.04. The van der Waals surface area contributed by atoms with Crippen molar-refractivity contribution in [2.24, 2.45) is 5.92 Å². The summed E-state index contributed by atoms with van der Waals surface area (Å²) in [6.45, 7) is 0.943. The van der Waals surface area contributed by atoms with Crippen LogP contribution in [0, 0.1) is 5.92 Å². The van der Waals surface area contributed by atoms with Crippen LogP contribution in [-0.4, -0.2) is 44.2 Å². The van der Waals surface area contributed by atoms with Crippen LogP contribution in [0.1, 0.15) is 22.6 Å². The highest BCUT2D eigenvalue weighted by molar-refractivity contribution is 7.20. The second-order valence-electron chi connectivity index (χ2n) is 7.70. The Labute approximate surface area is 182 Å². The SMILES string of the molecule is O=C(c1nc2ccccc2s1)C1CCN(C(=O)Cn2cnc3ccccc3c2=O)CC1. The molecule has 2 aromatic carbocycles. The fraction of sp³-hybridized carbons (Fsp3) is 0.261. The molecule has 1 aliphatic heterocycles. The van der Waals surface area contributed by atoms with Crippen LogP contribution < -0.4 is 5.56 Å². The third kappa shape index (κ3) is 3.74. The molecule has 3 heterocycles. The molecule has 0 spiro atoms.